The summed E-state index contributed by atoms with van der Waals surface area (Å²) in [5.74, 6) is 0.502. The lowest BCUT2D eigenvalue weighted by molar-refractivity contribution is 0.465. The lowest BCUT2D eigenvalue weighted by Gasteiger charge is -2.15. The molecule has 0 saturated carbocycles. The van der Waals surface area contributed by atoms with Crippen LogP contribution in [0.15, 0.2) is 12.1 Å². The summed E-state index contributed by atoms with van der Waals surface area (Å²) in [6.07, 6.45) is 7.99. The first-order valence-electron chi connectivity index (χ1n) is 7.07. The van der Waals surface area contributed by atoms with Crippen molar-refractivity contribution < 1.29 is 5.11 Å². The standard InChI is InChI=1S/C16H26O/c1-4-7-9-14-13(6-3)11-12-16(17)15(14)10-8-5-2/h11-12,17H,4-10H2,1-3H3. The Morgan fingerprint density at radius 1 is 0.882 bits per heavy atom. The van der Waals surface area contributed by atoms with E-state index in [4.69, 9.17) is 0 Å². The van der Waals surface area contributed by atoms with Crippen molar-refractivity contribution in [2.45, 2.75) is 65.7 Å². The maximum absolute atomic E-state index is 10.0. The van der Waals surface area contributed by atoms with Crippen molar-refractivity contribution in [3.63, 3.8) is 0 Å². The molecule has 17 heavy (non-hydrogen) atoms. The average molecular weight is 234 g/mol. The fraction of sp³-hybridized carbons (Fsp3) is 0.625. The molecule has 0 radical (unpaired) electrons. The van der Waals surface area contributed by atoms with Crippen molar-refractivity contribution in [3.05, 3.63) is 28.8 Å². The van der Waals surface area contributed by atoms with E-state index in [1.54, 1.807) is 0 Å². The van der Waals surface area contributed by atoms with Gasteiger partial charge in [0.25, 0.3) is 0 Å². The van der Waals surface area contributed by atoms with Crippen LogP contribution in [0.2, 0.25) is 0 Å². The highest BCUT2D eigenvalue weighted by Crippen LogP contribution is 2.28. The lowest BCUT2D eigenvalue weighted by Crippen LogP contribution is -2.01. The zero-order valence-corrected chi connectivity index (χ0v) is 11.6. The molecule has 96 valence electrons. The van der Waals surface area contributed by atoms with Gasteiger partial charge in [-0.2, -0.15) is 0 Å². The van der Waals surface area contributed by atoms with Crippen LogP contribution in [0, 0.1) is 0 Å². The van der Waals surface area contributed by atoms with Gasteiger partial charge in [0.05, 0.1) is 0 Å². The predicted octanol–water partition coefficient (Wildman–Crippen LogP) is 4.64. The second-order valence-electron chi connectivity index (χ2n) is 4.76. The zero-order chi connectivity index (χ0) is 12.7. The van der Waals surface area contributed by atoms with E-state index >= 15 is 0 Å². The van der Waals surface area contributed by atoms with Gasteiger partial charge in [-0.3, -0.25) is 0 Å². The molecule has 0 bridgehead atoms. The molecule has 0 heterocycles. The monoisotopic (exact) mass is 234 g/mol. The fourth-order valence-electron chi connectivity index (χ4n) is 2.36. The highest BCUT2D eigenvalue weighted by Gasteiger charge is 2.11. The van der Waals surface area contributed by atoms with Gasteiger partial charge in [0.15, 0.2) is 0 Å². The van der Waals surface area contributed by atoms with Crippen LogP contribution < -0.4 is 0 Å². The van der Waals surface area contributed by atoms with E-state index in [0.29, 0.717) is 5.75 Å². The summed E-state index contributed by atoms with van der Waals surface area (Å²) in [6, 6.07) is 3.97. The number of aromatic hydroxyl groups is 1. The smallest absolute Gasteiger partial charge is 0.119 e. The molecular formula is C16H26O. The first-order chi connectivity index (χ1) is 8.24. The molecule has 0 fully saturated rings. The Bertz CT molecular complexity index is 342. The summed E-state index contributed by atoms with van der Waals surface area (Å²) in [5.41, 5.74) is 4.05. The minimum Gasteiger partial charge on any atom is -0.508 e. The van der Waals surface area contributed by atoms with E-state index in [1.165, 1.54) is 42.4 Å². The van der Waals surface area contributed by atoms with Crippen LogP contribution in [-0.4, -0.2) is 5.11 Å². The van der Waals surface area contributed by atoms with Crippen LogP contribution in [0.25, 0.3) is 0 Å². The Morgan fingerprint density at radius 3 is 2.00 bits per heavy atom. The minimum absolute atomic E-state index is 0.502. The van der Waals surface area contributed by atoms with Crippen LogP contribution in [0.4, 0.5) is 0 Å². The van der Waals surface area contributed by atoms with Crippen LogP contribution in [0.3, 0.4) is 0 Å². The third-order valence-corrected chi connectivity index (χ3v) is 3.45. The second kappa shape index (κ2) is 7.37. The summed E-state index contributed by atoms with van der Waals surface area (Å²) in [5, 5.41) is 10.0. The summed E-state index contributed by atoms with van der Waals surface area (Å²) in [6.45, 7) is 6.62. The molecule has 0 aliphatic rings. The van der Waals surface area contributed by atoms with E-state index in [9.17, 15) is 5.11 Å². The third-order valence-electron chi connectivity index (χ3n) is 3.45. The summed E-state index contributed by atoms with van der Waals surface area (Å²) >= 11 is 0. The highest BCUT2D eigenvalue weighted by atomic mass is 16.3. The molecule has 0 aromatic heterocycles. The molecule has 0 saturated heterocycles. The molecule has 0 atom stereocenters. The van der Waals surface area contributed by atoms with E-state index in [2.05, 4.69) is 26.8 Å². The molecule has 0 aliphatic carbocycles. The largest absolute Gasteiger partial charge is 0.508 e. The van der Waals surface area contributed by atoms with Crippen molar-refractivity contribution in [1.29, 1.82) is 0 Å². The number of phenolic OH excluding ortho intramolecular Hbond substituents is 1. The van der Waals surface area contributed by atoms with Gasteiger partial charge in [0.1, 0.15) is 5.75 Å². The number of hydrogen-bond acceptors (Lipinski definition) is 1. The maximum Gasteiger partial charge on any atom is 0.119 e. The first kappa shape index (κ1) is 14.1. The van der Waals surface area contributed by atoms with Gasteiger partial charge in [-0.1, -0.05) is 39.7 Å². The molecule has 0 aliphatic heterocycles. The van der Waals surface area contributed by atoms with Crippen LogP contribution in [0.5, 0.6) is 5.75 Å². The molecule has 1 aromatic rings. The van der Waals surface area contributed by atoms with Gasteiger partial charge >= 0.3 is 0 Å². The van der Waals surface area contributed by atoms with Gasteiger partial charge < -0.3 is 5.11 Å². The molecule has 1 rings (SSSR count). The average Bonchev–Trinajstić information content (AvgIpc) is 2.35. The van der Waals surface area contributed by atoms with Crippen molar-refractivity contribution in [2.75, 3.05) is 0 Å². The Kier molecular flexibility index (Phi) is 6.10. The SMILES string of the molecule is CCCCc1c(O)ccc(CC)c1CCCC. The van der Waals surface area contributed by atoms with Crippen LogP contribution in [0.1, 0.15) is 63.1 Å². The molecule has 1 heteroatoms. The molecule has 0 spiro atoms. The van der Waals surface area contributed by atoms with Crippen LogP contribution in [-0.2, 0) is 19.3 Å². The molecule has 1 N–H and O–H groups in total. The van der Waals surface area contributed by atoms with Crippen LogP contribution >= 0.6 is 0 Å². The Labute approximate surface area is 106 Å². The fourth-order valence-corrected chi connectivity index (χ4v) is 2.36. The number of rotatable bonds is 7. The summed E-state index contributed by atoms with van der Waals surface area (Å²) in [7, 11) is 0. The number of aryl methyl sites for hydroxylation is 1. The Balaban J connectivity index is 3.02. The molecule has 0 amide bonds. The number of phenols is 1. The second-order valence-corrected chi connectivity index (χ2v) is 4.76. The first-order valence-corrected chi connectivity index (χ1v) is 7.07. The quantitative estimate of drug-likeness (QED) is 0.728. The molecule has 0 unspecified atom stereocenters. The summed E-state index contributed by atoms with van der Waals surface area (Å²) < 4.78 is 0. The Morgan fingerprint density at radius 2 is 1.47 bits per heavy atom. The van der Waals surface area contributed by atoms with Gasteiger partial charge in [-0.15, -0.1) is 0 Å². The highest BCUT2D eigenvalue weighted by molar-refractivity contribution is 5.44. The minimum atomic E-state index is 0.502. The zero-order valence-electron chi connectivity index (χ0n) is 11.6. The van der Waals surface area contributed by atoms with E-state index < -0.39 is 0 Å². The normalized spacial score (nSPS) is 10.8. The van der Waals surface area contributed by atoms with Gasteiger partial charge in [-0.05, 0) is 54.9 Å². The topological polar surface area (TPSA) is 20.2 Å². The van der Waals surface area contributed by atoms with Crippen molar-refractivity contribution in [2.24, 2.45) is 0 Å². The van der Waals surface area contributed by atoms with E-state index in [1.807, 2.05) is 6.07 Å². The molecule has 1 aromatic carbocycles. The lowest BCUT2D eigenvalue weighted by atomic mass is 9.91. The van der Waals surface area contributed by atoms with E-state index in [0.717, 1.165) is 19.3 Å². The summed E-state index contributed by atoms with van der Waals surface area (Å²) in [4.78, 5) is 0. The van der Waals surface area contributed by atoms with Gasteiger partial charge in [0.2, 0.25) is 0 Å². The number of benzene rings is 1. The number of hydrogen-bond donors (Lipinski definition) is 1. The van der Waals surface area contributed by atoms with Gasteiger partial charge in [0, 0.05) is 0 Å². The van der Waals surface area contributed by atoms with Crippen molar-refractivity contribution in [1.82, 2.24) is 0 Å². The van der Waals surface area contributed by atoms with Crippen molar-refractivity contribution >= 4 is 0 Å². The third kappa shape index (κ3) is 3.76. The number of unbranched alkanes of at least 4 members (excludes halogenated alkanes) is 2. The van der Waals surface area contributed by atoms with Gasteiger partial charge in [-0.25, -0.2) is 0 Å². The Hall–Kier alpha value is -0.980. The maximum atomic E-state index is 10.0. The molecular weight excluding hydrogens is 208 g/mol. The van der Waals surface area contributed by atoms with E-state index in [-0.39, 0.29) is 0 Å². The van der Waals surface area contributed by atoms with Crippen molar-refractivity contribution in [3.8, 4) is 5.75 Å². The molecule has 1 nitrogen and oxygen atoms in total. The predicted molar refractivity (Wildman–Crippen MR) is 74.7 cm³/mol.